The lowest BCUT2D eigenvalue weighted by molar-refractivity contribution is 0.102. The lowest BCUT2D eigenvalue weighted by atomic mass is 10.1. The standard InChI is InChI=1S/C18H19NO2/c1-11-4-5-12(2)16(8-11)19-18(20)14-6-7-17-15(10-14)9-13(3)21-17/h4-8,10,13H,9H2,1-3H3,(H,19,20)/t13-/m1/s1. The van der Waals surface area contributed by atoms with E-state index in [1.54, 1.807) is 0 Å². The zero-order valence-electron chi connectivity index (χ0n) is 12.6. The van der Waals surface area contributed by atoms with Crippen LogP contribution >= 0.6 is 0 Å². The summed E-state index contributed by atoms with van der Waals surface area (Å²) >= 11 is 0. The number of fused-ring (bicyclic) bond motifs is 1. The zero-order valence-corrected chi connectivity index (χ0v) is 12.6. The molecule has 2 aromatic carbocycles. The van der Waals surface area contributed by atoms with Crippen LogP contribution in [-0.2, 0) is 6.42 Å². The van der Waals surface area contributed by atoms with Crippen LogP contribution in [-0.4, -0.2) is 12.0 Å². The Labute approximate surface area is 124 Å². The third-order valence-electron chi connectivity index (χ3n) is 3.80. The van der Waals surface area contributed by atoms with Crippen molar-refractivity contribution in [2.45, 2.75) is 33.3 Å². The molecule has 1 N–H and O–H groups in total. The highest BCUT2D eigenvalue weighted by Gasteiger charge is 2.20. The lowest BCUT2D eigenvalue weighted by Gasteiger charge is -2.10. The molecule has 0 fully saturated rings. The smallest absolute Gasteiger partial charge is 0.255 e. The van der Waals surface area contributed by atoms with Gasteiger partial charge in [0, 0.05) is 17.7 Å². The topological polar surface area (TPSA) is 38.3 Å². The Bertz CT molecular complexity index is 706. The number of hydrogen-bond donors (Lipinski definition) is 1. The number of carbonyl (C=O) groups excluding carboxylic acids is 1. The molecular weight excluding hydrogens is 262 g/mol. The van der Waals surface area contributed by atoms with E-state index in [-0.39, 0.29) is 12.0 Å². The largest absolute Gasteiger partial charge is 0.490 e. The average molecular weight is 281 g/mol. The maximum Gasteiger partial charge on any atom is 0.255 e. The first kappa shape index (κ1) is 13.7. The van der Waals surface area contributed by atoms with Crippen LogP contribution < -0.4 is 10.1 Å². The van der Waals surface area contributed by atoms with Crippen LogP contribution in [0.25, 0.3) is 0 Å². The predicted octanol–water partition coefficient (Wildman–Crippen LogP) is 3.88. The van der Waals surface area contributed by atoms with Gasteiger partial charge in [-0.3, -0.25) is 4.79 Å². The van der Waals surface area contributed by atoms with Gasteiger partial charge in [0.25, 0.3) is 5.91 Å². The van der Waals surface area contributed by atoms with Gasteiger partial charge in [-0.25, -0.2) is 0 Å². The van der Waals surface area contributed by atoms with E-state index in [9.17, 15) is 4.79 Å². The Morgan fingerprint density at radius 2 is 2.00 bits per heavy atom. The van der Waals surface area contributed by atoms with Gasteiger partial charge in [0.15, 0.2) is 0 Å². The highest BCUT2D eigenvalue weighted by molar-refractivity contribution is 6.05. The van der Waals surface area contributed by atoms with Crippen LogP contribution in [0.2, 0.25) is 0 Å². The van der Waals surface area contributed by atoms with Gasteiger partial charge in [0.2, 0.25) is 0 Å². The van der Waals surface area contributed by atoms with Gasteiger partial charge in [-0.05, 0) is 61.7 Å². The summed E-state index contributed by atoms with van der Waals surface area (Å²) in [6.07, 6.45) is 1.05. The lowest BCUT2D eigenvalue weighted by Crippen LogP contribution is -2.13. The first-order valence-electron chi connectivity index (χ1n) is 7.21. The number of nitrogens with one attached hydrogen (secondary N) is 1. The van der Waals surface area contributed by atoms with Crippen molar-refractivity contribution in [3.63, 3.8) is 0 Å². The number of aryl methyl sites for hydroxylation is 2. The second kappa shape index (κ2) is 5.24. The molecule has 21 heavy (non-hydrogen) atoms. The van der Waals surface area contributed by atoms with Crippen LogP contribution in [0.5, 0.6) is 5.75 Å². The minimum Gasteiger partial charge on any atom is -0.490 e. The molecule has 0 bridgehead atoms. The van der Waals surface area contributed by atoms with Crippen LogP contribution in [0.1, 0.15) is 34.0 Å². The van der Waals surface area contributed by atoms with Gasteiger partial charge >= 0.3 is 0 Å². The fourth-order valence-corrected chi connectivity index (χ4v) is 2.63. The number of anilines is 1. The molecule has 1 amide bonds. The Kier molecular flexibility index (Phi) is 3.42. The molecule has 1 aliphatic rings. The molecular formula is C18H19NO2. The first-order valence-corrected chi connectivity index (χ1v) is 7.21. The van der Waals surface area contributed by atoms with Crippen molar-refractivity contribution in [2.75, 3.05) is 5.32 Å². The van der Waals surface area contributed by atoms with Crippen LogP contribution in [0, 0.1) is 13.8 Å². The van der Waals surface area contributed by atoms with Crippen molar-refractivity contribution in [1.82, 2.24) is 0 Å². The van der Waals surface area contributed by atoms with Crippen molar-refractivity contribution in [2.24, 2.45) is 0 Å². The number of amides is 1. The molecule has 0 saturated carbocycles. The van der Waals surface area contributed by atoms with Crippen molar-refractivity contribution in [3.8, 4) is 5.75 Å². The van der Waals surface area contributed by atoms with E-state index in [0.29, 0.717) is 5.56 Å². The molecule has 3 heteroatoms. The minimum atomic E-state index is -0.0777. The molecule has 0 aromatic heterocycles. The van der Waals surface area contributed by atoms with Gasteiger partial charge in [-0.15, -0.1) is 0 Å². The molecule has 0 radical (unpaired) electrons. The number of benzene rings is 2. The van der Waals surface area contributed by atoms with E-state index in [2.05, 4.69) is 5.32 Å². The van der Waals surface area contributed by atoms with E-state index in [1.807, 2.05) is 57.2 Å². The van der Waals surface area contributed by atoms with E-state index in [0.717, 1.165) is 34.5 Å². The highest BCUT2D eigenvalue weighted by atomic mass is 16.5. The fraction of sp³-hybridized carbons (Fsp3) is 0.278. The molecule has 3 nitrogen and oxygen atoms in total. The fourth-order valence-electron chi connectivity index (χ4n) is 2.63. The van der Waals surface area contributed by atoms with E-state index < -0.39 is 0 Å². The van der Waals surface area contributed by atoms with Crippen LogP contribution in [0.15, 0.2) is 36.4 Å². The summed E-state index contributed by atoms with van der Waals surface area (Å²) in [7, 11) is 0. The zero-order chi connectivity index (χ0) is 15.0. The van der Waals surface area contributed by atoms with E-state index >= 15 is 0 Å². The Hall–Kier alpha value is -2.29. The maximum atomic E-state index is 12.4. The number of ether oxygens (including phenoxy) is 1. The summed E-state index contributed by atoms with van der Waals surface area (Å²) in [5.41, 5.74) is 4.84. The van der Waals surface area contributed by atoms with Crippen molar-refractivity contribution < 1.29 is 9.53 Å². The van der Waals surface area contributed by atoms with Crippen molar-refractivity contribution in [3.05, 3.63) is 58.7 Å². The van der Waals surface area contributed by atoms with Gasteiger partial charge in [-0.2, -0.15) is 0 Å². The quantitative estimate of drug-likeness (QED) is 0.907. The monoisotopic (exact) mass is 281 g/mol. The summed E-state index contributed by atoms with van der Waals surface area (Å²) in [6.45, 7) is 6.05. The average Bonchev–Trinajstić information content (AvgIpc) is 2.81. The molecule has 1 aliphatic heterocycles. The number of carbonyl (C=O) groups is 1. The molecule has 108 valence electrons. The van der Waals surface area contributed by atoms with E-state index in [1.165, 1.54) is 0 Å². The van der Waals surface area contributed by atoms with E-state index in [4.69, 9.17) is 4.74 Å². The molecule has 1 atom stereocenters. The summed E-state index contributed by atoms with van der Waals surface area (Å²) in [6, 6.07) is 11.7. The minimum absolute atomic E-state index is 0.0777. The predicted molar refractivity (Wildman–Crippen MR) is 84.1 cm³/mol. The van der Waals surface area contributed by atoms with Gasteiger partial charge in [-0.1, -0.05) is 12.1 Å². The van der Waals surface area contributed by atoms with Gasteiger partial charge in [0.05, 0.1) is 0 Å². The Morgan fingerprint density at radius 3 is 2.81 bits per heavy atom. The maximum absolute atomic E-state index is 12.4. The van der Waals surface area contributed by atoms with Gasteiger partial charge in [0.1, 0.15) is 11.9 Å². The molecule has 0 saturated heterocycles. The molecule has 3 rings (SSSR count). The van der Waals surface area contributed by atoms with Crippen LogP contribution in [0.4, 0.5) is 5.69 Å². The number of rotatable bonds is 2. The first-order chi connectivity index (χ1) is 10.0. The third kappa shape index (κ3) is 2.77. The second-order valence-electron chi connectivity index (χ2n) is 5.73. The summed E-state index contributed by atoms with van der Waals surface area (Å²) < 4.78 is 5.66. The van der Waals surface area contributed by atoms with Crippen LogP contribution in [0.3, 0.4) is 0 Å². The molecule has 2 aromatic rings. The SMILES string of the molecule is Cc1ccc(C)c(NC(=O)c2ccc3c(c2)C[C@@H](C)O3)c1. The molecule has 0 spiro atoms. The molecule has 0 aliphatic carbocycles. The molecule has 0 unspecified atom stereocenters. The highest BCUT2D eigenvalue weighted by Crippen LogP contribution is 2.29. The summed E-state index contributed by atoms with van der Waals surface area (Å²) in [5, 5.41) is 2.99. The second-order valence-corrected chi connectivity index (χ2v) is 5.73. The normalized spacial score (nSPS) is 16.2. The van der Waals surface area contributed by atoms with Crippen molar-refractivity contribution >= 4 is 11.6 Å². The third-order valence-corrected chi connectivity index (χ3v) is 3.80. The summed E-state index contributed by atoms with van der Waals surface area (Å²) in [4.78, 5) is 12.4. The Morgan fingerprint density at radius 1 is 1.19 bits per heavy atom. The molecule has 1 heterocycles. The van der Waals surface area contributed by atoms with Crippen molar-refractivity contribution in [1.29, 1.82) is 0 Å². The van der Waals surface area contributed by atoms with Gasteiger partial charge < -0.3 is 10.1 Å². The number of hydrogen-bond acceptors (Lipinski definition) is 2. The summed E-state index contributed by atoms with van der Waals surface area (Å²) in [5.74, 6) is 0.817. The Balaban J connectivity index is 1.83.